The van der Waals surface area contributed by atoms with E-state index in [1.165, 1.54) is 0 Å². The molecule has 0 bridgehead atoms. The Balaban J connectivity index is 2.37. The van der Waals surface area contributed by atoms with Crippen LogP contribution in [-0.2, 0) is 0 Å². The van der Waals surface area contributed by atoms with E-state index in [4.69, 9.17) is 0 Å². The number of hydrogen-bond donors (Lipinski definition) is 1. The maximum absolute atomic E-state index is 4.52. The van der Waals surface area contributed by atoms with Crippen LogP contribution in [0.25, 0.3) is 5.95 Å². The van der Waals surface area contributed by atoms with Crippen LogP contribution in [0.1, 0.15) is 33.6 Å². The molecule has 7 heteroatoms. The summed E-state index contributed by atoms with van der Waals surface area (Å²) in [7, 11) is 2.00. The SMILES string of the molecule is CCCNc1nc(N(C)C(C)CC)nc(-n2cccn2)n1. The Labute approximate surface area is 125 Å². The van der Waals surface area contributed by atoms with E-state index in [2.05, 4.69) is 51.0 Å². The molecule has 1 unspecified atom stereocenters. The summed E-state index contributed by atoms with van der Waals surface area (Å²) in [6.45, 7) is 7.23. The molecule has 0 aliphatic rings. The van der Waals surface area contributed by atoms with Gasteiger partial charge in [-0.25, -0.2) is 4.68 Å². The quantitative estimate of drug-likeness (QED) is 0.841. The second kappa shape index (κ2) is 7.01. The van der Waals surface area contributed by atoms with Gasteiger partial charge in [0.2, 0.25) is 11.9 Å². The van der Waals surface area contributed by atoms with Crippen LogP contribution >= 0.6 is 0 Å². The number of nitrogens with zero attached hydrogens (tertiary/aromatic N) is 6. The zero-order valence-corrected chi connectivity index (χ0v) is 13.1. The minimum Gasteiger partial charge on any atom is -0.354 e. The fourth-order valence-corrected chi connectivity index (χ4v) is 1.79. The van der Waals surface area contributed by atoms with E-state index in [1.54, 1.807) is 10.9 Å². The fourth-order valence-electron chi connectivity index (χ4n) is 1.79. The first-order valence-electron chi connectivity index (χ1n) is 7.38. The summed E-state index contributed by atoms with van der Waals surface area (Å²) in [5, 5.41) is 7.41. The highest BCUT2D eigenvalue weighted by molar-refractivity contribution is 5.40. The molecule has 2 aromatic heterocycles. The predicted octanol–water partition coefficient (Wildman–Crippen LogP) is 2.11. The second-order valence-electron chi connectivity index (χ2n) is 5.00. The van der Waals surface area contributed by atoms with Gasteiger partial charge in [0.1, 0.15) is 0 Å². The third-order valence-electron chi connectivity index (χ3n) is 3.42. The summed E-state index contributed by atoms with van der Waals surface area (Å²) in [4.78, 5) is 15.5. The van der Waals surface area contributed by atoms with Crippen LogP contribution in [0.4, 0.5) is 11.9 Å². The van der Waals surface area contributed by atoms with Crippen LogP contribution in [-0.4, -0.2) is 44.4 Å². The smallest absolute Gasteiger partial charge is 0.257 e. The Morgan fingerprint density at radius 1 is 1.29 bits per heavy atom. The fraction of sp³-hybridized carbons (Fsp3) is 0.571. The molecule has 0 aromatic carbocycles. The van der Waals surface area contributed by atoms with Gasteiger partial charge in [-0.05, 0) is 25.8 Å². The lowest BCUT2D eigenvalue weighted by Crippen LogP contribution is -2.30. The van der Waals surface area contributed by atoms with Crippen molar-refractivity contribution in [1.82, 2.24) is 24.7 Å². The summed E-state index contributed by atoms with van der Waals surface area (Å²) >= 11 is 0. The largest absolute Gasteiger partial charge is 0.354 e. The molecule has 0 saturated carbocycles. The number of anilines is 2. The van der Waals surface area contributed by atoms with Crippen molar-refractivity contribution in [3.63, 3.8) is 0 Å². The van der Waals surface area contributed by atoms with Crippen LogP contribution in [0.3, 0.4) is 0 Å². The van der Waals surface area contributed by atoms with Crippen LogP contribution < -0.4 is 10.2 Å². The van der Waals surface area contributed by atoms with E-state index < -0.39 is 0 Å². The summed E-state index contributed by atoms with van der Waals surface area (Å²) in [6.07, 6.45) is 5.57. The summed E-state index contributed by atoms with van der Waals surface area (Å²) in [5.41, 5.74) is 0. The molecule has 0 amide bonds. The van der Waals surface area contributed by atoms with Gasteiger partial charge in [0.15, 0.2) is 0 Å². The maximum atomic E-state index is 4.52. The molecule has 7 nitrogen and oxygen atoms in total. The molecule has 1 atom stereocenters. The van der Waals surface area contributed by atoms with E-state index in [1.807, 2.05) is 19.3 Å². The Bertz CT molecular complexity index is 552. The Morgan fingerprint density at radius 3 is 2.71 bits per heavy atom. The van der Waals surface area contributed by atoms with E-state index in [0.29, 0.717) is 23.9 Å². The Kier molecular flexibility index (Phi) is 5.08. The lowest BCUT2D eigenvalue weighted by molar-refractivity contribution is 0.643. The Morgan fingerprint density at radius 2 is 2.10 bits per heavy atom. The highest BCUT2D eigenvalue weighted by Gasteiger charge is 2.15. The monoisotopic (exact) mass is 289 g/mol. The topological polar surface area (TPSA) is 71.8 Å². The summed E-state index contributed by atoms with van der Waals surface area (Å²) < 4.78 is 1.65. The van der Waals surface area contributed by atoms with E-state index >= 15 is 0 Å². The molecule has 0 spiro atoms. The molecule has 21 heavy (non-hydrogen) atoms. The third-order valence-corrected chi connectivity index (χ3v) is 3.42. The first-order valence-corrected chi connectivity index (χ1v) is 7.38. The van der Waals surface area contributed by atoms with Crippen molar-refractivity contribution in [2.45, 2.75) is 39.7 Å². The summed E-state index contributed by atoms with van der Waals surface area (Å²) in [6, 6.07) is 2.21. The Hall–Kier alpha value is -2.18. The van der Waals surface area contributed by atoms with Crippen molar-refractivity contribution in [3.8, 4) is 5.95 Å². The predicted molar refractivity (Wildman–Crippen MR) is 83.9 cm³/mol. The highest BCUT2D eigenvalue weighted by atomic mass is 15.4. The first-order chi connectivity index (χ1) is 10.2. The molecule has 1 N–H and O–H groups in total. The van der Waals surface area contributed by atoms with Crippen molar-refractivity contribution in [2.24, 2.45) is 0 Å². The average Bonchev–Trinajstić information content (AvgIpc) is 3.05. The van der Waals surface area contributed by atoms with Gasteiger partial charge >= 0.3 is 0 Å². The number of aromatic nitrogens is 5. The van der Waals surface area contributed by atoms with E-state index in [9.17, 15) is 0 Å². The molecule has 114 valence electrons. The van der Waals surface area contributed by atoms with Crippen molar-refractivity contribution >= 4 is 11.9 Å². The van der Waals surface area contributed by atoms with Gasteiger partial charge in [-0.3, -0.25) is 0 Å². The van der Waals surface area contributed by atoms with Crippen LogP contribution in [0.15, 0.2) is 18.5 Å². The minimum absolute atomic E-state index is 0.358. The van der Waals surface area contributed by atoms with Crippen LogP contribution in [0.2, 0.25) is 0 Å². The normalized spacial score (nSPS) is 12.2. The molecule has 2 heterocycles. The van der Waals surface area contributed by atoms with E-state index in [0.717, 1.165) is 19.4 Å². The standard InChI is InChI=1S/C14H23N7/c1-5-8-15-12-17-13(20(4)11(3)6-2)19-14(18-12)21-10-7-9-16-21/h7,9-11H,5-6,8H2,1-4H3,(H,15,17,18,19). The molecule has 0 aliphatic carbocycles. The number of hydrogen-bond acceptors (Lipinski definition) is 6. The first kappa shape index (κ1) is 15.2. The molecule has 0 aliphatic heterocycles. The van der Waals surface area contributed by atoms with Gasteiger partial charge in [-0.1, -0.05) is 13.8 Å². The van der Waals surface area contributed by atoms with Crippen molar-refractivity contribution in [2.75, 3.05) is 23.8 Å². The molecular weight excluding hydrogens is 266 g/mol. The van der Waals surface area contributed by atoms with Crippen LogP contribution in [0.5, 0.6) is 0 Å². The minimum atomic E-state index is 0.358. The lowest BCUT2D eigenvalue weighted by atomic mass is 10.2. The van der Waals surface area contributed by atoms with Crippen LogP contribution in [0, 0.1) is 0 Å². The lowest BCUT2D eigenvalue weighted by Gasteiger charge is -2.24. The second-order valence-corrected chi connectivity index (χ2v) is 5.00. The van der Waals surface area contributed by atoms with Gasteiger partial charge in [0.05, 0.1) is 0 Å². The zero-order chi connectivity index (χ0) is 15.2. The third kappa shape index (κ3) is 3.68. The number of rotatable bonds is 7. The van der Waals surface area contributed by atoms with E-state index in [-0.39, 0.29) is 0 Å². The van der Waals surface area contributed by atoms with Gasteiger partial charge < -0.3 is 10.2 Å². The molecule has 0 fully saturated rings. The summed E-state index contributed by atoms with van der Waals surface area (Å²) in [5.74, 6) is 1.77. The van der Waals surface area contributed by atoms with Gasteiger partial charge in [-0.15, -0.1) is 0 Å². The molecule has 2 aromatic rings. The molecule has 2 rings (SSSR count). The van der Waals surface area contributed by atoms with Crippen molar-refractivity contribution < 1.29 is 0 Å². The van der Waals surface area contributed by atoms with Crippen molar-refractivity contribution in [3.05, 3.63) is 18.5 Å². The van der Waals surface area contributed by atoms with Gasteiger partial charge in [0.25, 0.3) is 5.95 Å². The maximum Gasteiger partial charge on any atom is 0.257 e. The molecule has 0 radical (unpaired) electrons. The van der Waals surface area contributed by atoms with Crippen molar-refractivity contribution in [1.29, 1.82) is 0 Å². The molecule has 0 saturated heterocycles. The number of nitrogens with one attached hydrogen (secondary N) is 1. The average molecular weight is 289 g/mol. The molecular formula is C14H23N7. The van der Waals surface area contributed by atoms with Gasteiger partial charge in [0, 0.05) is 32.0 Å². The highest BCUT2D eigenvalue weighted by Crippen LogP contribution is 2.15. The zero-order valence-electron chi connectivity index (χ0n) is 13.1. The van der Waals surface area contributed by atoms with Gasteiger partial charge in [-0.2, -0.15) is 20.1 Å².